The zero-order valence-corrected chi connectivity index (χ0v) is 12.7. The number of fused-ring (bicyclic) bond motifs is 2. The first-order chi connectivity index (χ1) is 10.00. The minimum atomic E-state index is -0.933. The highest BCUT2D eigenvalue weighted by atomic mass is 17.3. The van der Waals surface area contributed by atoms with Crippen LogP contribution in [0.3, 0.4) is 0 Å². The fraction of sp³-hybridized carbons (Fsp3) is 0.625. The molecule has 0 radical (unpaired) electrons. The van der Waals surface area contributed by atoms with E-state index in [0.29, 0.717) is 6.42 Å². The topological polar surface area (TPSA) is 46.2 Å². The van der Waals surface area contributed by atoms with Crippen LogP contribution >= 0.6 is 0 Å². The molecule has 2 heterocycles. The van der Waals surface area contributed by atoms with Crippen LogP contribution in [0.5, 0.6) is 0 Å². The van der Waals surface area contributed by atoms with Crippen LogP contribution in [0.4, 0.5) is 0 Å². The lowest BCUT2D eigenvalue weighted by atomic mass is 9.96. The first-order valence-electron chi connectivity index (χ1n) is 7.40. The largest absolute Gasteiger partial charge is 0.311 e. The van der Waals surface area contributed by atoms with Gasteiger partial charge in [-0.05, 0) is 6.42 Å². The third kappa shape index (κ3) is 3.12. The summed E-state index contributed by atoms with van der Waals surface area (Å²) in [7, 11) is 0. The second-order valence-corrected chi connectivity index (χ2v) is 6.63. The monoisotopic (exact) mass is 294 g/mol. The number of ether oxygens (including phenoxy) is 1. The SMILES string of the molecule is CC(C)(C)[C@@H]1OO[C@H]2CCC[C@@](c3ccccc3)(OO1)O2. The van der Waals surface area contributed by atoms with Crippen molar-refractivity contribution in [2.24, 2.45) is 5.41 Å². The molecule has 2 aliphatic heterocycles. The Balaban J connectivity index is 1.88. The number of hydrogen-bond donors (Lipinski definition) is 0. The fourth-order valence-electron chi connectivity index (χ4n) is 2.45. The average Bonchev–Trinajstić information content (AvgIpc) is 2.45. The summed E-state index contributed by atoms with van der Waals surface area (Å²) in [4.78, 5) is 22.0. The van der Waals surface area contributed by atoms with Gasteiger partial charge >= 0.3 is 0 Å². The highest BCUT2D eigenvalue weighted by molar-refractivity contribution is 5.20. The van der Waals surface area contributed by atoms with Crippen LogP contribution in [0.2, 0.25) is 0 Å². The van der Waals surface area contributed by atoms with Gasteiger partial charge in [0.1, 0.15) is 0 Å². The molecule has 116 valence electrons. The van der Waals surface area contributed by atoms with Gasteiger partial charge in [0.15, 0.2) is 6.29 Å². The van der Waals surface area contributed by atoms with Gasteiger partial charge in [-0.15, -0.1) is 0 Å². The van der Waals surface area contributed by atoms with Crippen LogP contribution < -0.4 is 0 Å². The van der Waals surface area contributed by atoms with Crippen molar-refractivity contribution in [2.75, 3.05) is 0 Å². The van der Waals surface area contributed by atoms with Gasteiger partial charge in [0.2, 0.25) is 12.1 Å². The lowest BCUT2D eigenvalue weighted by Crippen LogP contribution is -2.47. The molecule has 21 heavy (non-hydrogen) atoms. The van der Waals surface area contributed by atoms with Crippen molar-refractivity contribution in [3.63, 3.8) is 0 Å². The van der Waals surface area contributed by atoms with Gasteiger partial charge in [0.05, 0.1) is 0 Å². The van der Waals surface area contributed by atoms with E-state index in [1.807, 2.05) is 51.1 Å². The van der Waals surface area contributed by atoms with E-state index in [1.165, 1.54) is 0 Å². The molecule has 3 rings (SSSR count). The molecule has 0 aromatic heterocycles. The van der Waals surface area contributed by atoms with Gasteiger partial charge in [-0.3, -0.25) is 0 Å². The predicted molar refractivity (Wildman–Crippen MR) is 74.4 cm³/mol. The third-order valence-corrected chi connectivity index (χ3v) is 3.71. The van der Waals surface area contributed by atoms with E-state index in [1.54, 1.807) is 0 Å². The minimum Gasteiger partial charge on any atom is -0.311 e. The molecule has 3 atom stereocenters. The first-order valence-corrected chi connectivity index (χ1v) is 7.40. The first kappa shape index (κ1) is 14.9. The van der Waals surface area contributed by atoms with Crippen molar-refractivity contribution in [1.29, 1.82) is 0 Å². The normalized spacial score (nSPS) is 34.0. The molecule has 0 saturated carbocycles. The lowest BCUT2D eigenvalue weighted by molar-refractivity contribution is -0.598. The maximum Gasteiger partial charge on any atom is 0.230 e. The summed E-state index contributed by atoms with van der Waals surface area (Å²) in [6.45, 7) is 5.99. The summed E-state index contributed by atoms with van der Waals surface area (Å²) in [5.74, 6) is -0.933. The zero-order chi connectivity index (χ0) is 14.9. The molecule has 5 heteroatoms. The van der Waals surface area contributed by atoms with Gasteiger partial charge < -0.3 is 4.74 Å². The van der Waals surface area contributed by atoms with Crippen LogP contribution in [0.25, 0.3) is 0 Å². The smallest absolute Gasteiger partial charge is 0.230 e. The minimum absolute atomic E-state index is 0.274. The molecular formula is C16H22O5. The Morgan fingerprint density at radius 1 is 1.05 bits per heavy atom. The third-order valence-electron chi connectivity index (χ3n) is 3.71. The molecule has 0 spiro atoms. The molecule has 0 unspecified atom stereocenters. The van der Waals surface area contributed by atoms with Crippen LogP contribution in [0.1, 0.15) is 45.6 Å². The Hall–Kier alpha value is -0.980. The molecule has 2 saturated heterocycles. The molecule has 0 N–H and O–H groups in total. The number of rotatable bonds is 1. The van der Waals surface area contributed by atoms with E-state index in [-0.39, 0.29) is 5.41 Å². The molecule has 2 fully saturated rings. The molecule has 0 aliphatic carbocycles. The van der Waals surface area contributed by atoms with Gasteiger partial charge in [0.25, 0.3) is 0 Å². The molecule has 1 aromatic carbocycles. The van der Waals surface area contributed by atoms with Crippen molar-refractivity contribution in [3.8, 4) is 0 Å². The highest BCUT2D eigenvalue weighted by Crippen LogP contribution is 2.42. The molecular weight excluding hydrogens is 272 g/mol. The summed E-state index contributed by atoms with van der Waals surface area (Å²) in [6.07, 6.45) is 1.33. The standard InChI is InChI=1S/C16H22O5/c1-15(2,3)14-19-18-13-10-7-11-16(17-13,21-20-14)12-8-5-4-6-9-12/h4-6,8-9,13-14H,7,10-11H2,1-3H3/t13-,14+,16-/m0/s1. The summed E-state index contributed by atoms with van der Waals surface area (Å²) in [6, 6.07) is 9.82. The second kappa shape index (κ2) is 5.66. The molecule has 2 aliphatic rings. The van der Waals surface area contributed by atoms with Crippen LogP contribution in [0.15, 0.2) is 30.3 Å². The van der Waals surface area contributed by atoms with Crippen molar-refractivity contribution >= 4 is 0 Å². The maximum absolute atomic E-state index is 5.97. The quantitative estimate of drug-likeness (QED) is 0.740. The van der Waals surface area contributed by atoms with Gasteiger partial charge in [0, 0.05) is 23.8 Å². The Labute approximate surface area is 124 Å². The van der Waals surface area contributed by atoms with Crippen molar-refractivity contribution in [2.45, 2.75) is 58.4 Å². The Morgan fingerprint density at radius 2 is 1.81 bits per heavy atom. The highest BCUT2D eigenvalue weighted by Gasteiger charge is 2.46. The van der Waals surface area contributed by atoms with Crippen molar-refractivity contribution in [1.82, 2.24) is 0 Å². The lowest BCUT2D eigenvalue weighted by Gasteiger charge is -2.43. The van der Waals surface area contributed by atoms with E-state index in [0.717, 1.165) is 18.4 Å². The summed E-state index contributed by atoms with van der Waals surface area (Å²) >= 11 is 0. The van der Waals surface area contributed by atoms with E-state index < -0.39 is 18.4 Å². The summed E-state index contributed by atoms with van der Waals surface area (Å²) in [5, 5.41) is 0. The molecule has 0 amide bonds. The van der Waals surface area contributed by atoms with Crippen molar-refractivity contribution < 1.29 is 24.3 Å². The van der Waals surface area contributed by atoms with Gasteiger partial charge in [-0.2, -0.15) is 14.7 Å². The van der Waals surface area contributed by atoms with E-state index in [2.05, 4.69) is 0 Å². The van der Waals surface area contributed by atoms with Gasteiger partial charge in [-0.25, -0.2) is 4.89 Å². The second-order valence-electron chi connectivity index (χ2n) is 6.63. The Bertz CT molecular complexity index is 469. The zero-order valence-electron chi connectivity index (χ0n) is 12.7. The molecule has 5 nitrogen and oxygen atoms in total. The maximum atomic E-state index is 5.97. The summed E-state index contributed by atoms with van der Waals surface area (Å²) in [5.41, 5.74) is 0.650. The molecule has 2 bridgehead atoms. The van der Waals surface area contributed by atoms with Crippen LogP contribution in [-0.4, -0.2) is 12.6 Å². The Kier molecular flexibility index (Phi) is 4.03. The Morgan fingerprint density at radius 3 is 2.52 bits per heavy atom. The van der Waals surface area contributed by atoms with Crippen LogP contribution in [-0.2, 0) is 30.1 Å². The van der Waals surface area contributed by atoms with Crippen LogP contribution in [0, 0.1) is 5.41 Å². The molecule has 1 aromatic rings. The number of hydrogen-bond acceptors (Lipinski definition) is 5. The van der Waals surface area contributed by atoms with E-state index in [9.17, 15) is 0 Å². The average molecular weight is 294 g/mol. The van der Waals surface area contributed by atoms with E-state index in [4.69, 9.17) is 24.3 Å². The fourth-order valence-corrected chi connectivity index (χ4v) is 2.45. The van der Waals surface area contributed by atoms with E-state index >= 15 is 0 Å². The van der Waals surface area contributed by atoms with Gasteiger partial charge in [-0.1, -0.05) is 51.1 Å². The van der Waals surface area contributed by atoms with Crippen molar-refractivity contribution in [3.05, 3.63) is 35.9 Å². The number of benzene rings is 1. The summed E-state index contributed by atoms with van der Waals surface area (Å²) < 4.78 is 5.97. The predicted octanol–water partition coefficient (Wildman–Crippen LogP) is 3.65.